The van der Waals surface area contributed by atoms with Crippen molar-refractivity contribution in [2.24, 2.45) is 5.92 Å². The molecule has 0 aliphatic rings. The van der Waals surface area contributed by atoms with E-state index in [0.717, 1.165) is 39.1 Å². The lowest BCUT2D eigenvalue weighted by molar-refractivity contribution is -0.0874. The Morgan fingerprint density at radius 1 is 0.955 bits per heavy atom. The van der Waals surface area contributed by atoms with E-state index in [2.05, 4.69) is 34.6 Å². The van der Waals surface area contributed by atoms with Crippen molar-refractivity contribution in [3.63, 3.8) is 0 Å². The zero-order valence-corrected chi connectivity index (χ0v) is 15.7. The van der Waals surface area contributed by atoms with Gasteiger partial charge in [-0.1, -0.05) is 19.8 Å². The minimum absolute atomic E-state index is 0.0988. The Bertz CT molecular complexity index is 235. The van der Waals surface area contributed by atoms with Crippen LogP contribution >= 0.6 is 0 Å². The fraction of sp³-hybridized carbons (Fsp3) is 0.947. The maximum Gasteiger partial charge on any atom is 0.0610 e. The summed E-state index contributed by atoms with van der Waals surface area (Å²) >= 11 is 0. The van der Waals surface area contributed by atoms with E-state index < -0.39 is 0 Å². The van der Waals surface area contributed by atoms with Gasteiger partial charge in [-0.2, -0.15) is 0 Å². The van der Waals surface area contributed by atoms with Crippen molar-refractivity contribution >= 4 is 0 Å². The Hall–Kier alpha value is -0.120. The van der Waals surface area contributed by atoms with E-state index in [0.29, 0.717) is 5.92 Å². The molecule has 133 valence electrons. The highest BCUT2D eigenvalue weighted by Crippen LogP contribution is 2.27. The molecule has 0 aromatic rings. The minimum Gasteiger partial charge on any atom is -0.385 e. The number of ether oxygens (including phenoxy) is 3. The second kappa shape index (κ2) is 13.3. The summed E-state index contributed by atoms with van der Waals surface area (Å²) in [5.74, 6) is 0.593. The van der Waals surface area contributed by atoms with Gasteiger partial charge in [0.15, 0.2) is 0 Å². The van der Waals surface area contributed by atoms with E-state index in [1.807, 2.05) is 0 Å². The molecule has 0 aromatic heterocycles. The highest BCUT2D eigenvalue weighted by Gasteiger charge is 2.25. The largest absolute Gasteiger partial charge is 0.385 e. The molecule has 0 aliphatic carbocycles. The number of hydrogen-bond acceptors (Lipinski definition) is 3. The summed E-state index contributed by atoms with van der Waals surface area (Å²) in [5.41, 5.74) is -0.0988. The van der Waals surface area contributed by atoms with Gasteiger partial charge in [0.2, 0.25) is 0 Å². The summed E-state index contributed by atoms with van der Waals surface area (Å²) in [5, 5.41) is 0. The van der Waals surface area contributed by atoms with Crippen LogP contribution in [0.2, 0.25) is 0 Å². The molecule has 3 heteroatoms. The lowest BCUT2D eigenvalue weighted by Crippen LogP contribution is -2.32. The average Bonchev–Trinajstić information content (AvgIpc) is 2.46. The molecule has 2 atom stereocenters. The Morgan fingerprint density at radius 3 is 2.00 bits per heavy atom. The number of hydrogen-bond donors (Lipinski definition) is 0. The summed E-state index contributed by atoms with van der Waals surface area (Å²) in [4.78, 5) is 0. The molecule has 0 bridgehead atoms. The molecule has 3 nitrogen and oxygen atoms in total. The van der Waals surface area contributed by atoms with Crippen molar-refractivity contribution in [2.75, 3.05) is 26.9 Å². The van der Waals surface area contributed by atoms with Crippen molar-refractivity contribution in [3.05, 3.63) is 6.92 Å². The average molecular weight is 316 g/mol. The van der Waals surface area contributed by atoms with E-state index in [1.54, 1.807) is 7.11 Å². The van der Waals surface area contributed by atoms with Crippen LogP contribution in [0.15, 0.2) is 0 Å². The van der Waals surface area contributed by atoms with Gasteiger partial charge in [-0.25, -0.2) is 0 Å². The highest BCUT2D eigenvalue weighted by atomic mass is 16.5. The van der Waals surface area contributed by atoms with Gasteiger partial charge >= 0.3 is 0 Å². The van der Waals surface area contributed by atoms with E-state index in [4.69, 9.17) is 14.2 Å². The van der Waals surface area contributed by atoms with Crippen LogP contribution in [-0.2, 0) is 14.2 Å². The first-order valence-corrected chi connectivity index (χ1v) is 8.98. The zero-order chi connectivity index (χ0) is 16.8. The topological polar surface area (TPSA) is 27.7 Å². The Morgan fingerprint density at radius 2 is 1.55 bits per heavy atom. The molecule has 0 saturated heterocycles. The van der Waals surface area contributed by atoms with Gasteiger partial charge in [0.25, 0.3) is 0 Å². The Kier molecular flexibility index (Phi) is 13.3. The number of methoxy groups -OCH3 is 1. The molecular formula is C19H39O3. The lowest BCUT2D eigenvalue weighted by atomic mass is 9.88. The maximum absolute atomic E-state index is 6.26. The summed E-state index contributed by atoms with van der Waals surface area (Å²) in [6.45, 7) is 15.1. The summed E-state index contributed by atoms with van der Waals surface area (Å²) < 4.78 is 16.9. The van der Waals surface area contributed by atoms with Crippen molar-refractivity contribution in [3.8, 4) is 0 Å². The SMILES string of the molecule is [CH2]CC(OC(C)(C)C)C(CCCCOC)CCCCOCC. The molecule has 0 heterocycles. The Balaban J connectivity index is 4.33. The predicted octanol–water partition coefficient (Wildman–Crippen LogP) is 5.03. The summed E-state index contributed by atoms with van der Waals surface area (Å²) in [7, 11) is 1.77. The van der Waals surface area contributed by atoms with E-state index in [1.165, 1.54) is 25.7 Å². The van der Waals surface area contributed by atoms with Gasteiger partial charge in [-0.3, -0.25) is 0 Å². The van der Waals surface area contributed by atoms with Crippen LogP contribution in [0.3, 0.4) is 0 Å². The van der Waals surface area contributed by atoms with Crippen molar-refractivity contribution < 1.29 is 14.2 Å². The molecule has 0 aliphatic heterocycles. The lowest BCUT2D eigenvalue weighted by Gasteiger charge is -2.33. The monoisotopic (exact) mass is 315 g/mol. The van der Waals surface area contributed by atoms with Gasteiger partial charge in [0.05, 0.1) is 11.7 Å². The van der Waals surface area contributed by atoms with E-state index in [9.17, 15) is 0 Å². The van der Waals surface area contributed by atoms with E-state index >= 15 is 0 Å². The van der Waals surface area contributed by atoms with E-state index in [-0.39, 0.29) is 11.7 Å². The van der Waals surface area contributed by atoms with Crippen molar-refractivity contribution in [1.82, 2.24) is 0 Å². The summed E-state index contributed by atoms with van der Waals surface area (Å²) in [6.07, 6.45) is 8.19. The van der Waals surface area contributed by atoms with Crippen LogP contribution in [0.25, 0.3) is 0 Å². The minimum atomic E-state index is -0.0988. The standard InChI is InChI=1S/C19H39O3/c1-7-18(22-19(3,4)5)17(13-9-11-15-20-6)14-10-12-16-21-8-2/h17-18H,1,7-16H2,2-6H3. The number of unbranched alkanes of at least 4 members (excludes halogenated alkanes) is 2. The Labute approximate surface area is 139 Å². The second-order valence-corrected chi connectivity index (χ2v) is 7.00. The molecule has 1 radical (unpaired) electrons. The fourth-order valence-corrected chi connectivity index (χ4v) is 2.77. The van der Waals surface area contributed by atoms with Crippen LogP contribution in [0.5, 0.6) is 0 Å². The smallest absolute Gasteiger partial charge is 0.0610 e. The molecule has 0 amide bonds. The molecule has 0 aromatic carbocycles. The third-order valence-corrected chi connectivity index (χ3v) is 3.81. The van der Waals surface area contributed by atoms with Crippen LogP contribution in [0, 0.1) is 12.8 Å². The zero-order valence-electron chi connectivity index (χ0n) is 15.7. The fourth-order valence-electron chi connectivity index (χ4n) is 2.77. The second-order valence-electron chi connectivity index (χ2n) is 7.00. The summed E-state index contributed by atoms with van der Waals surface area (Å²) in [6, 6.07) is 0. The van der Waals surface area contributed by atoms with Gasteiger partial charge in [0.1, 0.15) is 0 Å². The van der Waals surface area contributed by atoms with Gasteiger partial charge in [-0.15, -0.1) is 0 Å². The van der Waals surface area contributed by atoms with Gasteiger partial charge in [-0.05, 0) is 65.7 Å². The van der Waals surface area contributed by atoms with Crippen LogP contribution in [-0.4, -0.2) is 38.6 Å². The molecule has 2 unspecified atom stereocenters. The van der Waals surface area contributed by atoms with Gasteiger partial charge in [0, 0.05) is 26.9 Å². The number of rotatable bonds is 14. The third-order valence-electron chi connectivity index (χ3n) is 3.81. The van der Waals surface area contributed by atoms with Crippen LogP contribution in [0.1, 0.15) is 72.6 Å². The van der Waals surface area contributed by atoms with Gasteiger partial charge < -0.3 is 14.2 Å². The molecule has 0 spiro atoms. The molecular weight excluding hydrogens is 276 g/mol. The van der Waals surface area contributed by atoms with Crippen molar-refractivity contribution in [2.45, 2.75) is 84.3 Å². The van der Waals surface area contributed by atoms with Crippen LogP contribution in [0.4, 0.5) is 0 Å². The maximum atomic E-state index is 6.26. The highest BCUT2D eigenvalue weighted by molar-refractivity contribution is 4.76. The normalized spacial score (nSPS) is 15.0. The first-order valence-electron chi connectivity index (χ1n) is 8.98. The molecule has 22 heavy (non-hydrogen) atoms. The molecule has 0 fully saturated rings. The molecule has 0 saturated carbocycles. The third kappa shape index (κ3) is 12.4. The predicted molar refractivity (Wildman–Crippen MR) is 94.2 cm³/mol. The molecule has 0 N–H and O–H groups in total. The first kappa shape index (κ1) is 21.9. The first-order chi connectivity index (χ1) is 10.4. The van der Waals surface area contributed by atoms with Crippen molar-refractivity contribution in [1.29, 1.82) is 0 Å². The van der Waals surface area contributed by atoms with Crippen LogP contribution < -0.4 is 0 Å². The molecule has 0 rings (SSSR count). The quantitative estimate of drug-likeness (QED) is 0.421.